The Kier molecular flexibility index (Phi) is 3.62. The minimum Gasteiger partial charge on any atom is -0.490 e. The van der Waals surface area contributed by atoms with Crippen molar-refractivity contribution in [1.29, 1.82) is 0 Å². The van der Waals surface area contributed by atoms with E-state index in [0.717, 1.165) is 5.56 Å². The predicted molar refractivity (Wildman–Crippen MR) is 55.0 cm³/mol. The highest BCUT2D eigenvalue weighted by atomic mass is 16.6. The number of ether oxygens (including phenoxy) is 1. The van der Waals surface area contributed by atoms with E-state index in [4.69, 9.17) is 4.74 Å². The first-order chi connectivity index (χ1) is 7.04. The maximum atomic E-state index is 10.6. The van der Waals surface area contributed by atoms with Crippen LogP contribution in [0.4, 0.5) is 5.69 Å². The van der Waals surface area contributed by atoms with Gasteiger partial charge in [0, 0.05) is 6.07 Å². The molecule has 0 aliphatic rings. The van der Waals surface area contributed by atoms with Gasteiger partial charge in [0.2, 0.25) is 0 Å². The normalized spacial score (nSPS) is 12.2. The Hall–Kier alpha value is -1.62. The second-order valence-electron chi connectivity index (χ2n) is 3.32. The maximum absolute atomic E-state index is 10.6. The second kappa shape index (κ2) is 4.75. The number of aliphatic hydroxyl groups excluding tert-OH is 1. The third kappa shape index (κ3) is 2.92. The molecule has 0 saturated carbocycles. The molecule has 1 aromatic carbocycles. The number of rotatable bonds is 4. The van der Waals surface area contributed by atoms with Gasteiger partial charge in [-0.15, -0.1) is 0 Å². The summed E-state index contributed by atoms with van der Waals surface area (Å²) in [6.07, 6.45) is -0.0230. The smallest absolute Gasteiger partial charge is 0.310 e. The van der Waals surface area contributed by atoms with E-state index in [1.807, 2.05) is 0 Å². The maximum Gasteiger partial charge on any atom is 0.310 e. The van der Waals surface area contributed by atoms with Crippen LogP contribution in [0.1, 0.15) is 12.5 Å². The molecule has 0 heterocycles. The van der Waals surface area contributed by atoms with E-state index in [1.165, 1.54) is 13.2 Å². The summed E-state index contributed by atoms with van der Waals surface area (Å²) >= 11 is 0. The lowest BCUT2D eigenvalue weighted by atomic mass is 10.1. The molecule has 1 N–H and O–H groups in total. The molecule has 0 aromatic heterocycles. The van der Waals surface area contributed by atoms with Crippen LogP contribution < -0.4 is 4.74 Å². The lowest BCUT2D eigenvalue weighted by molar-refractivity contribution is -0.385. The van der Waals surface area contributed by atoms with Gasteiger partial charge in [-0.05, 0) is 25.0 Å². The first kappa shape index (κ1) is 11.5. The average molecular weight is 211 g/mol. The lowest BCUT2D eigenvalue weighted by Gasteiger charge is -2.06. The summed E-state index contributed by atoms with van der Waals surface area (Å²) in [5, 5.41) is 19.8. The summed E-state index contributed by atoms with van der Waals surface area (Å²) in [4.78, 5) is 10.1. The highest BCUT2D eigenvalue weighted by Crippen LogP contribution is 2.27. The van der Waals surface area contributed by atoms with Crippen molar-refractivity contribution in [2.24, 2.45) is 0 Å². The van der Waals surface area contributed by atoms with Crippen molar-refractivity contribution in [3.63, 3.8) is 0 Å². The minimum atomic E-state index is -0.495. The summed E-state index contributed by atoms with van der Waals surface area (Å²) in [5.74, 6) is 0.221. The molecule has 1 aromatic rings. The SMILES string of the molecule is COc1cc(C[C@@H](C)O)ccc1[N+](=O)[O-]. The molecule has 0 aliphatic carbocycles. The van der Waals surface area contributed by atoms with Crippen molar-refractivity contribution in [2.75, 3.05) is 7.11 Å². The molecule has 0 spiro atoms. The van der Waals surface area contributed by atoms with Gasteiger partial charge >= 0.3 is 5.69 Å². The summed E-state index contributed by atoms with van der Waals surface area (Å²) in [7, 11) is 1.38. The molecule has 0 fully saturated rings. The Bertz CT molecular complexity index is 362. The quantitative estimate of drug-likeness (QED) is 0.605. The van der Waals surface area contributed by atoms with E-state index in [1.54, 1.807) is 19.1 Å². The first-order valence-electron chi connectivity index (χ1n) is 4.54. The number of benzene rings is 1. The molecule has 0 radical (unpaired) electrons. The van der Waals surface area contributed by atoms with E-state index in [9.17, 15) is 15.2 Å². The van der Waals surface area contributed by atoms with E-state index >= 15 is 0 Å². The molecule has 82 valence electrons. The highest BCUT2D eigenvalue weighted by molar-refractivity contribution is 5.48. The minimum absolute atomic E-state index is 0.0631. The molecule has 0 saturated heterocycles. The third-order valence-electron chi connectivity index (χ3n) is 1.97. The number of hydrogen-bond acceptors (Lipinski definition) is 4. The van der Waals surface area contributed by atoms with Gasteiger partial charge in [-0.25, -0.2) is 0 Å². The van der Waals surface area contributed by atoms with Crippen LogP contribution in [0.5, 0.6) is 5.75 Å². The van der Waals surface area contributed by atoms with E-state index < -0.39 is 11.0 Å². The van der Waals surface area contributed by atoms with Crippen LogP contribution in [0.15, 0.2) is 18.2 Å². The summed E-state index contributed by atoms with van der Waals surface area (Å²) in [5.41, 5.74) is 0.749. The van der Waals surface area contributed by atoms with Gasteiger partial charge < -0.3 is 9.84 Å². The van der Waals surface area contributed by atoms with Gasteiger partial charge in [0.15, 0.2) is 5.75 Å². The second-order valence-corrected chi connectivity index (χ2v) is 3.32. The van der Waals surface area contributed by atoms with Crippen molar-refractivity contribution >= 4 is 5.69 Å². The number of nitro benzene ring substituents is 1. The van der Waals surface area contributed by atoms with Gasteiger partial charge in [-0.3, -0.25) is 10.1 Å². The first-order valence-corrected chi connectivity index (χ1v) is 4.54. The molecule has 0 aliphatic heterocycles. The van der Waals surface area contributed by atoms with E-state index in [0.29, 0.717) is 6.42 Å². The molecule has 0 amide bonds. The number of hydrogen-bond donors (Lipinski definition) is 1. The van der Waals surface area contributed by atoms with Crippen LogP contribution in [-0.2, 0) is 6.42 Å². The van der Waals surface area contributed by atoms with E-state index in [-0.39, 0.29) is 11.4 Å². The van der Waals surface area contributed by atoms with Crippen molar-refractivity contribution in [3.05, 3.63) is 33.9 Å². The summed E-state index contributed by atoms with van der Waals surface area (Å²) < 4.78 is 4.91. The largest absolute Gasteiger partial charge is 0.490 e. The van der Waals surface area contributed by atoms with E-state index in [2.05, 4.69) is 0 Å². The van der Waals surface area contributed by atoms with Gasteiger partial charge in [0.25, 0.3) is 0 Å². The highest BCUT2D eigenvalue weighted by Gasteiger charge is 2.14. The average Bonchev–Trinajstić information content (AvgIpc) is 2.16. The number of aliphatic hydroxyl groups is 1. The number of methoxy groups -OCH3 is 1. The van der Waals surface area contributed by atoms with Gasteiger partial charge in [-0.1, -0.05) is 6.07 Å². The Morgan fingerprint density at radius 2 is 2.27 bits per heavy atom. The van der Waals surface area contributed by atoms with Crippen molar-refractivity contribution in [3.8, 4) is 5.75 Å². The summed E-state index contributed by atoms with van der Waals surface area (Å²) in [6.45, 7) is 1.66. The topological polar surface area (TPSA) is 72.6 Å². The summed E-state index contributed by atoms with van der Waals surface area (Å²) in [6, 6.07) is 4.58. The molecular weight excluding hydrogens is 198 g/mol. The van der Waals surface area contributed by atoms with Gasteiger partial charge in [-0.2, -0.15) is 0 Å². The Morgan fingerprint density at radius 3 is 2.73 bits per heavy atom. The van der Waals surface area contributed by atoms with Crippen molar-refractivity contribution in [2.45, 2.75) is 19.4 Å². The molecule has 15 heavy (non-hydrogen) atoms. The van der Waals surface area contributed by atoms with Crippen LogP contribution in [0.2, 0.25) is 0 Å². The van der Waals surface area contributed by atoms with Crippen LogP contribution in [0, 0.1) is 10.1 Å². The third-order valence-corrected chi connectivity index (χ3v) is 1.97. The monoisotopic (exact) mass is 211 g/mol. The standard InChI is InChI=1S/C10H13NO4/c1-7(12)5-8-3-4-9(11(13)14)10(6-8)15-2/h3-4,6-7,12H,5H2,1-2H3/t7-/m1/s1. The van der Waals surface area contributed by atoms with Gasteiger partial charge in [0.05, 0.1) is 18.1 Å². The van der Waals surface area contributed by atoms with Crippen LogP contribution in [0.3, 0.4) is 0 Å². The Morgan fingerprint density at radius 1 is 1.60 bits per heavy atom. The molecule has 0 bridgehead atoms. The fraction of sp³-hybridized carbons (Fsp3) is 0.400. The van der Waals surface area contributed by atoms with Crippen LogP contribution in [-0.4, -0.2) is 23.2 Å². The molecular formula is C10H13NO4. The molecule has 1 atom stereocenters. The predicted octanol–water partition coefficient (Wildman–Crippen LogP) is 1.53. The lowest BCUT2D eigenvalue weighted by Crippen LogP contribution is -2.04. The van der Waals surface area contributed by atoms with Crippen molar-refractivity contribution in [1.82, 2.24) is 0 Å². The zero-order chi connectivity index (χ0) is 11.4. The van der Waals surface area contributed by atoms with Gasteiger partial charge in [0.1, 0.15) is 0 Å². The zero-order valence-corrected chi connectivity index (χ0v) is 8.64. The Labute approximate surface area is 87.5 Å². The fourth-order valence-electron chi connectivity index (χ4n) is 1.34. The van der Waals surface area contributed by atoms with Crippen molar-refractivity contribution < 1.29 is 14.8 Å². The fourth-order valence-corrected chi connectivity index (χ4v) is 1.34. The molecule has 5 heteroatoms. The number of nitro groups is 1. The van der Waals surface area contributed by atoms with Crippen LogP contribution in [0.25, 0.3) is 0 Å². The molecule has 1 rings (SSSR count). The van der Waals surface area contributed by atoms with Crippen LogP contribution >= 0.6 is 0 Å². The zero-order valence-electron chi connectivity index (χ0n) is 8.64. The molecule has 0 unspecified atom stereocenters. The Balaban J connectivity index is 3.02. The number of nitrogens with zero attached hydrogens (tertiary/aromatic N) is 1. The molecule has 5 nitrogen and oxygen atoms in total.